The number of carbonyl (C=O) groups is 1. The van der Waals surface area contributed by atoms with Gasteiger partial charge in [-0.25, -0.2) is 8.42 Å². The number of amides is 1. The lowest BCUT2D eigenvalue weighted by atomic mass is 10.1. The van der Waals surface area contributed by atoms with Gasteiger partial charge in [0.1, 0.15) is 5.75 Å². The number of anilines is 1. The van der Waals surface area contributed by atoms with Gasteiger partial charge in [-0.2, -0.15) is 0 Å². The van der Waals surface area contributed by atoms with Crippen LogP contribution in [0.3, 0.4) is 0 Å². The van der Waals surface area contributed by atoms with Gasteiger partial charge in [0.05, 0.1) is 22.9 Å². The van der Waals surface area contributed by atoms with Crippen molar-refractivity contribution in [2.45, 2.75) is 26.5 Å². The summed E-state index contributed by atoms with van der Waals surface area (Å²) in [5.41, 5.74) is 1.45. The molecule has 0 fully saturated rings. The molecule has 0 unspecified atom stereocenters. The maximum atomic E-state index is 12.3. The molecule has 0 bridgehead atoms. The van der Waals surface area contributed by atoms with Crippen LogP contribution < -0.4 is 14.8 Å². The van der Waals surface area contributed by atoms with E-state index in [4.69, 9.17) is 16.3 Å². The van der Waals surface area contributed by atoms with Gasteiger partial charge in [-0.1, -0.05) is 23.7 Å². The number of ether oxygens (including phenoxy) is 1. The summed E-state index contributed by atoms with van der Waals surface area (Å²) in [5, 5.41) is 2.95. The van der Waals surface area contributed by atoms with Crippen LogP contribution in [0.2, 0.25) is 5.02 Å². The average Bonchev–Trinajstić information content (AvgIpc) is 2.51. The van der Waals surface area contributed by atoms with Crippen molar-refractivity contribution in [2.24, 2.45) is 0 Å². The first kappa shape index (κ1) is 20.1. The number of halogens is 1. The molecular weight excluding hydrogens is 376 g/mol. The summed E-state index contributed by atoms with van der Waals surface area (Å²) in [5.74, 6) is 0.386. The molecule has 2 rings (SSSR count). The number of rotatable bonds is 7. The van der Waals surface area contributed by atoms with Crippen LogP contribution >= 0.6 is 11.6 Å². The minimum absolute atomic E-state index is 0.0673. The fourth-order valence-electron chi connectivity index (χ4n) is 2.26. The predicted octanol–water partition coefficient (Wildman–Crippen LogP) is 3.43. The first-order valence-electron chi connectivity index (χ1n) is 7.95. The number of carbonyl (C=O) groups excluding carboxylic acids is 1. The molecule has 2 aromatic rings. The molecule has 6 nitrogen and oxygen atoms in total. The maximum absolute atomic E-state index is 12.3. The van der Waals surface area contributed by atoms with Gasteiger partial charge in [-0.05, 0) is 49.7 Å². The van der Waals surface area contributed by atoms with Crippen LogP contribution in [0, 0.1) is 0 Å². The summed E-state index contributed by atoms with van der Waals surface area (Å²) in [7, 11) is -3.41. The standard InChI is InChI=1S/C18H21ClN2O4S/c1-12(2)25-15-6-4-5-13(9-15)11-20-18(22)16-8-7-14(10-17(16)19)21-26(3,23)24/h4-10,12,21H,11H2,1-3H3,(H,20,22). The summed E-state index contributed by atoms with van der Waals surface area (Å²) in [6, 6.07) is 11.8. The average molecular weight is 397 g/mol. The molecule has 1 amide bonds. The van der Waals surface area contributed by atoms with Crippen LogP contribution in [0.4, 0.5) is 5.69 Å². The molecule has 8 heteroatoms. The van der Waals surface area contributed by atoms with Gasteiger partial charge in [-0.15, -0.1) is 0 Å². The molecule has 2 aromatic carbocycles. The second kappa shape index (κ2) is 8.42. The lowest BCUT2D eigenvalue weighted by molar-refractivity contribution is 0.0951. The molecular formula is C18H21ClN2O4S. The molecule has 0 aliphatic carbocycles. The van der Waals surface area contributed by atoms with E-state index in [0.29, 0.717) is 12.2 Å². The molecule has 0 atom stereocenters. The SMILES string of the molecule is CC(C)Oc1cccc(CNC(=O)c2ccc(NS(C)(=O)=O)cc2Cl)c1. The van der Waals surface area contributed by atoms with Crippen LogP contribution in [-0.2, 0) is 16.6 Å². The van der Waals surface area contributed by atoms with E-state index < -0.39 is 10.0 Å². The topological polar surface area (TPSA) is 84.5 Å². The number of nitrogens with one attached hydrogen (secondary N) is 2. The highest BCUT2D eigenvalue weighted by Crippen LogP contribution is 2.22. The highest BCUT2D eigenvalue weighted by molar-refractivity contribution is 7.92. The van der Waals surface area contributed by atoms with Crippen molar-refractivity contribution in [2.75, 3.05) is 11.0 Å². The molecule has 2 N–H and O–H groups in total. The molecule has 0 spiro atoms. The van der Waals surface area contributed by atoms with Gasteiger partial charge < -0.3 is 10.1 Å². The molecule has 0 saturated heterocycles. The lowest BCUT2D eigenvalue weighted by Crippen LogP contribution is -2.23. The highest BCUT2D eigenvalue weighted by Gasteiger charge is 2.12. The fraction of sp³-hybridized carbons (Fsp3) is 0.278. The molecule has 0 aliphatic rings. The smallest absolute Gasteiger partial charge is 0.253 e. The van der Waals surface area contributed by atoms with Crippen molar-refractivity contribution in [1.29, 1.82) is 0 Å². The Labute approximate surface area is 158 Å². The van der Waals surface area contributed by atoms with E-state index in [1.165, 1.54) is 18.2 Å². The van der Waals surface area contributed by atoms with Gasteiger partial charge in [0.2, 0.25) is 10.0 Å². The van der Waals surface area contributed by atoms with Gasteiger partial charge in [0.25, 0.3) is 5.91 Å². The number of hydrogen-bond acceptors (Lipinski definition) is 4. The summed E-state index contributed by atoms with van der Waals surface area (Å²) < 4.78 is 30.4. The van der Waals surface area contributed by atoms with E-state index >= 15 is 0 Å². The Morgan fingerprint density at radius 2 is 1.92 bits per heavy atom. The summed E-state index contributed by atoms with van der Waals surface area (Å²) >= 11 is 6.10. The largest absolute Gasteiger partial charge is 0.491 e. The van der Waals surface area contributed by atoms with Gasteiger partial charge >= 0.3 is 0 Å². The lowest BCUT2D eigenvalue weighted by Gasteiger charge is -2.12. The van der Waals surface area contributed by atoms with Crippen molar-refractivity contribution in [1.82, 2.24) is 5.32 Å². The Bertz CT molecular complexity index is 898. The van der Waals surface area contributed by atoms with E-state index in [1.54, 1.807) is 0 Å². The van der Waals surface area contributed by atoms with Crippen LogP contribution in [-0.4, -0.2) is 26.7 Å². The van der Waals surface area contributed by atoms with E-state index in [1.807, 2.05) is 38.1 Å². The zero-order valence-corrected chi connectivity index (χ0v) is 16.3. The van der Waals surface area contributed by atoms with Crippen LogP contribution in [0.25, 0.3) is 0 Å². The Morgan fingerprint density at radius 3 is 2.54 bits per heavy atom. The fourth-order valence-corrected chi connectivity index (χ4v) is 3.08. The minimum Gasteiger partial charge on any atom is -0.491 e. The van der Waals surface area contributed by atoms with Crippen LogP contribution in [0.5, 0.6) is 5.75 Å². The Morgan fingerprint density at radius 1 is 1.19 bits per heavy atom. The summed E-state index contributed by atoms with van der Waals surface area (Å²) in [6.45, 7) is 4.20. The molecule has 26 heavy (non-hydrogen) atoms. The zero-order chi connectivity index (χ0) is 19.3. The summed E-state index contributed by atoms with van der Waals surface area (Å²) in [4.78, 5) is 12.3. The van der Waals surface area contributed by atoms with Crippen molar-refractivity contribution in [3.63, 3.8) is 0 Å². The van der Waals surface area contributed by atoms with E-state index in [0.717, 1.165) is 17.6 Å². The van der Waals surface area contributed by atoms with E-state index in [2.05, 4.69) is 10.0 Å². The van der Waals surface area contributed by atoms with Crippen LogP contribution in [0.1, 0.15) is 29.8 Å². The third-order valence-electron chi connectivity index (χ3n) is 3.24. The van der Waals surface area contributed by atoms with Crippen molar-refractivity contribution >= 4 is 33.2 Å². The Kier molecular flexibility index (Phi) is 6.50. The minimum atomic E-state index is -3.41. The molecule has 0 aromatic heterocycles. The maximum Gasteiger partial charge on any atom is 0.253 e. The van der Waals surface area contributed by atoms with Crippen LogP contribution in [0.15, 0.2) is 42.5 Å². The predicted molar refractivity (Wildman–Crippen MR) is 103 cm³/mol. The second-order valence-electron chi connectivity index (χ2n) is 6.07. The zero-order valence-electron chi connectivity index (χ0n) is 14.7. The molecule has 0 saturated carbocycles. The third kappa shape index (κ3) is 6.24. The second-order valence-corrected chi connectivity index (χ2v) is 8.22. The molecule has 0 aliphatic heterocycles. The van der Waals surface area contributed by atoms with Gasteiger partial charge in [0, 0.05) is 12.2 Å². The van der Waals surface area contributed by atoms with Crippen molar-refractivity contribution in [3.05, 3.63) is 58.6 Å². The third-order valence-corrected chi connectivity index (χ3v) is 4.16. The van der Waals surface area contributed by atoms with Crippen molar-refractivity contribution < 1.29 is 17.9 Å². The quantitative estimate of drug-likeness (QED) is 0.750. The van der Waals surface area contributed by atoms with Gasteiger partial charge in [0.15, 0.2) is 0 Å². The first-order chi connectivity index (χ1) is 12.1. The van der Waals surface area contributed by atoms with Crippen molar-refractivity contribution in [3.8, 4) is 5.75 Å². The normalized spacial score (nSPS) is 11.3. The van der Waals surface area contributed by atoms with E-state index in [-0.39, 0.29) is 22.6 Å². The Balaban J connectivity index is 2.04. The number of hydrogen-bond donors (Lipinski definition) is 2. The molecule has 140 valence electrons. The number of benzene rings is 2. The number of sulfonamides is 1. The van der Waals surface area contributed by atoms with E-state index in [9.17, 15) is 13.2 Å². The molecule has 0 radical (unpaired) electrons. The monoisotopic (exact) mass is 396 g/mol. The van der Waals surface area contributed by atoms with Gasteiger partial charge in [-0.3, -0.25) is 9.52 Å². The summed E-state index contributed by atoms with van der Waals surface area (Å²) in [6.07, 6.45) is 1.11. The highest BCUT2D eigenvalue weighted by atomic mass is 35.5. The first-order valence-corrected chi connectivity index (χ1v) is 10.2. The molecule has 0 heterocycles. The Hall–Kier alpha value is -2.25.